The number of anilines is 1. The smallest absolute Gasteiger partial charge is 0.335 e. The van der Waals surface area contributed by atoms with Crippen molar-refractivity contribution >= 4 is 17.6 Å². The molecular formula is C14H17NO4. The molecule has 0 aromatic heterocycles. The lowest BCUT2D eigenvalue weighted by Gasteiger charge is -2.32. The van der Waals surface area contributed by atoms with E-state index in [-0.39, 0.29) is 23.5 Å². The van der Waals surface area contributed by atoms with Crippen LogP contribution in [0.15, 0.2) is 18.2 Å². The van der Waals surface area contributed by atoms with Crippen LogP contribution in [-0.2, 0) is 9.53 Å². The Morgan fingerprint density at radius 2 is 2.05 bits per heavy atom. The van der Waals surface area contributed by atoms with E-state index in [9.17, 15) is 9.59 Å². The van der Waals surface area contributed by atoms with Crippen molar-refractivity contribution in [1.82, 2.24) is 0 Å². The number of hydrogen-bond acceptors (Lipinski definition) is 3. The van der Waals surface area contributed by atoms with Crippen molar-refractivity contribution in [3.63, 3.8) is 0 Å². The summed E-state index contributed by atoms with van der Waals surface area (Å²) in [6.07, 6.45) is 1.68. The molecule has 1 aliphatic carbocycles. The molecule has 19 heavy (non-hydrogen) atoms. The van der Waals surface area contributed by atoms with Gasteiger partial charge in [-0.3, -0.25) is 4.79 Å². The lowest BCUT2D eigenvalue weighted by Crippen LogP contribution is -2.38. The molecule has 0 aliphatic heterocycles. The number of benzene rings is 1. The molecule has 0 heterocycles. The normalized spacial score (nSPS) is 21.6. The summed E-state index contributed by atoms with van der Waals surface area (Å²) in [5, 5.41) is 11.7. The molecule has 1 aliphatic rings. The number of hydrogen-bond donors (Lipinski definition) is 2. The Balaban J connectivity index is 1.98. The van der Waals surface area contributed by atoms with Gasteiger partial charge in [0.2, 0.25) is 5.91 Å². The summed E-state index contributed by atoms with van der Waals surface area (Å²) in [5.74, 6) is -1.00. The van der Waals surface area contributed by atoms with E-state index < -0.39 is 5.97 Å². The third-order valence-corrected chi connectivity index (χ3v) is 3.52. The Hall–Kier alpha value is -1.88. The summed E-state index contributed by atoms with van der Waals surface area (Å²) in [4.78, 5) is 22.8. The molecule has 5 heteroatoms. The van der Waals surface area contributed by atoms with Gasteiger partial charge in [-0.25, -0.2) is 4.79 Å². The molecular weight excluding hydrogens is 246 g/mol. The fraction of sp³-hybridized carbons (Fsp3) is 0.429. The average Bonchev–Trinajstić information content (AvgIpc) is 2.26. The Kier molecular flexibility index (Phi) is 3.85. The first-order valence-electron chi connectivity index (χ1n) is 6.19. The predicted molar refractivity (Wildman–Crippen MR) is 70.3 cm³/mol. The van der Waals surface area contributed by atoms with Crippen LogP contribution in [0, 0.1) is 12.8 Å². The zero-order chi connectivity index (χ0) is 14.0. The molecule has 5 nitrogen and oxygen atoms in total. The van der Waals surface area contributed by atoms with Crippen LogP contribution < -0.4 is 5.32 Å². The quantitative estimate of drug-likeness (QED) is 0.871. The van der Waals surface area contributed by atoms with Gasteiger partial charge in [-0.05, 0) is 43.5 Å². The van der Waals surface area contributed by atoms with E-state index in [0.717, 1.165) is 12.8 Å². The Bertz CT molecular complexity index is 506. The number of carbonyl (C=O) groups excluding carboxylic acids is 1. The highest BCUT2D eigenvalue weighted by Gasteiger charge is 2.34. The van der Waals surface area contributed by atoms with Crippen molar-refractivity contribution in [3.8, 4) is 0 Å². The maximum atomic E-state index is 11.9. The predicted octanol–water partition coefficient (Wildman–Crippen LogP) is 2.06. The van der Waals surface area contributed by atoms with Gasteiger partial charge in [0, 0.05) is 18.7 Å². The Labute approximate surface area is 111 Å². The van der Waals surface area contributed by atoms with Gasteiger partial charge in [-0.15, -0.1) is 0 Å². The van der Waals surface area contributed by atoms with E-state index in [2.05, 4.69) is 5.32 Å². The molecule has 0 atom stereocenters. The molecule has 1 fully saturated rings. The van der Waals surface area contributed by atoms with Crippen LogP contribution >= 0.6 is 0 Å². The van der Waals surface area contributed by atoms with Gasteiger partial charge in [0.25, 0.3) is 0 Å². The zero-order valence-electron chi connectivity index (χ0n) is 11.0. The number of ether oxygens (including phenoxy) is 1. The van der Waals surface area contributed by atoms with Gasteiger partial charge < -0.3 is 15.2 Å². The van der Waals surface area contributed by atoms with Crippen molar-refractivity contribution in [3.05, 3.63) is 29.3 Å². The van der Waals surface area contributed by atoms with Crippen LogP contribution in [0.3, 0.4) is 0 Å². The number of methoxy groups -OCH3 is 1. The lowest BCUT2D eigenvalue weighted by molar-refractivity contribution is -0.127. The van der Waals surface area contributed by atoms with Crippen molar-refractivity contribution in [2.24, 2.45) is 5.92 Å². The summed E-state index contributed by atoms with van der Waals surface area (Å²) in [6.45, 7) is 1.71. The molecule has 1 aromatic carbocycles. The van der Waals surface area contributed by atoms with Gasteiger partial charge in [0.1, 0.15) is 0 Å². The van der Waals surface area contributed by atoms with Gasteiger partial charge in [-0.1, -0.05) is 0 Å². The van der Waals surface area contributed by atoms with Crippen LogP contribution in [0.5, 0.6) is 0 Å². The number of aryl methyl sites for hydroxylation is 1. The number of carboxylic acids is 1. The second-order valence-corrected chi connectivity index (χ2v) is 4.85. The molecule has 0 spiro atoms. The van der Waals surface area contributed by atoms with Crippen LogP contribution in [0.2, 0.25) is 0 Å². The summed E-state index contributed by atoms with van der Waals surface area (Å²) in [7, 11) is 1.65. The van der Waals surface area contributed by atoms with Gasteiger partial charge in [0.15, 0.2) is 0 Å². The molecule has 102 valence electrons. The number of carbonyl (C=O) groups is 2. The van der Waals surface area contributed by atoms with Crippen LogP contribution in [0.4, 0.5) is 5.69 Å². The highest BCUT2D eigenvalue weighted by atomic mass is 16.5. The summed E-state index contributed by atoms with van der Waals surface area (Å²) in [6, 6.07) is 4.79. The molecule has 1 amide bonds. The van der Waals surface area contributed by atoms with Crippen LogP contribution in [-0.4, -0.2) is 30.2 Å². The number of amides is 1. The largest absolute Gasteiger partial charge is 0.478 e. The lowest BCUT2D eigenvalue weighted by atomic mass is 9.81. The number of nitrogens with one attached hydrogen (secondary N) is 1. The van der Waals surface area contributed by atoms with E-state index in [1.807, 2.05) is 0 Å². The van der Waals surface area contributed by atoms with Gasteiger partial charge >= 0.3 is 5.97 Å². The summed E-state index contributed by atoms with van der Waals surface area (Å²) >= 11 is 0. The fourth-order valence-electron chi connectivity index (χ4n) is 2.20. The highest BCUT2D eigenvalue weighted by molar-refractivity contribution is 5.95. The van der Waals surface area contributed by atoms with Crippen molar-refractivity contribution < 1.29 is 19.4 Å². The number of rotatable bonds is 4. The fourth-order valence-corrected chi connectivity index (χ4v) is 2.20. The number of aromatic carboxylic acids is 1. The van der Waals surface area contributed by atoms with E-state index in [1.165, 1.54) is 6.07 Å². The van der Waals surface area contributed by atoms with E-state index in [4.69, 9.17) is 9.84 Å². The third-order valence-electron chi connectivity index (χ3n) is 3.52. The second kappa shape index (κ2) is 5.40. The van der Waals surface area contributed by atoms with Crippen molar-refractivity contribution in [2.45, 2.75) is 25.9 Å². The van der Waals surface area contributed by atoms with Gasteiger partial charge in [-0.2, -0.15) is 0 Å². The minimum Gasteiger partial charge on any atom is -0.478 e. The maximum Gasteiger partial charge on any atom is 0.335 e. The van der Waals surface area contributed by atoms with E-state index in [0.29, 0.717) is 11.3 Å². The first kappa shape index (κ1) is 13.5. The minimum atomic E-state index is -0.961. The SMILES string of the molecule is COC1CC(C(=O)Nc2ccc(C(=O)O)c(C)c2)C1. The Morgan fingerprint density at radius 1 is 1.37 bits per heavy atom. The molecule has 1 saturated carbocycles. The first-order chi connectivity index (χ1) is 9.01. The monoisotopic (exact) mass is 263 g/mol. The van der Waals surface area contributed by atoms with Crippen molar-refractivity contribution in [2.75, 3.05) is 12.4 Å². The molecule has 0 radical (unpaired) electrons. The topological polar surface area (TPSA) is 75.6 Å². The molecule has 2 rings (SSSR count). The molecule has 0 bridgehead atoms. The van der Waals surface area contributed by atoms with Gasteiger partial charge in [0.05, 0.1) is 11.7 Å². The minimum absolute atomic E-state index is 0.00981. The zero-order valence-corrected chi connectivity index (χ0v) is 11.0. The highest BCUT2D eigenvalue weighted by Crippen LogP contribution is 2.30. The summed E-state index contributed by atoms with van der Waals surface area (Å²) in [5.41, 5.74) is 1.52. The molecule has 0 unspecified atom stereocenters. The number of carboxylic acid groups (broad SMARTS) is 1. The third kappa shape index (κ3) is 2.93. The first-order valence-corrected chi connectivity index (χ1v) is 6.19. The standard InChI is InChI=1S/C14H17NO4/c1-8-5-10(3-4-12(8)14(17)18)15-13(16)9-6-11(7-9)19-2/h3-5,9,11H,6-7H2,1-2H3,(H,15,16)(H,17,18). The second-order valence-electron chi connectivity index (χ2n) is 4.85. The van der Waals surface area contributed by atoms with Crippen molar-refractivity contribution in [1.29, 1.82) is 0 Å². The molecule has 2 N–H and O–H groups in total. The molecule has 0 saturated heterocycles. The van der Waals surface area contributed by atoms with Crippen LogP contribution in [0.1, 0.15) is 28.8 Å². The van der Waals surface area contributed by atoms with E-state index in [1.54, 1.807) is 26.2 Å². The van der Waals surface area contributed by atoms with Crippen LogP contribution in [0.25, 0.3) is 0 Å². The Morgan fingerprint density at radius 3 is 2.58 bits per heavy atom. The van der Waals surface area contributed by atoms with E-state index >= 15 is 0 Å². The summed E-state index contributed by atoms with van der Waals surface area (Å²) < 4.78 is 5.13. The maximum absolute atomic E-state index is 11.9. The average molecular weight is 263 g/mol. The molecule has 1 aromatic rings.